The summed E-state index contributed by atoms with van der Waals surface area (Å²) in [5.41, 5.74) is 0.597. The van der Waals surface area contributed by atoms with Crippen LogP contribution in [0, 0.1) is 16.7 Å². The quantitative estimate of drug-likeness (QED) is 0.811. The number of aliphatic hydroxyl groups excluding tert-OH is 1. The van der Waals surface area contributed by atoms with Crippen molar-refractivity contribution in [1.29, 1.82) is 0 Å². The van der Waals surface area contributed by atoms with Gasteiger partial charge < -0.3 is 19.9 Å². The molecular formula is C17H29NO3. The topological polar surface area (TPSA) is 50.7 Å². The number of fused-ring (bicyclic) bond motifs is 2. The molecule has 0 aromatic carbocycles. The zero-order valence-corrected chi connectivity index (χ0v) is 13.0. The molecule has 120 valence electrons. The largest absolute Gasteiger partial charge is 0.396 e. The van der Waals surface area contributed by atoms with Crippen molar-refractivity contribution in [2.24, 2.45) is 16.7 Å². The molecule has 2 saturated heterocycles. The Morgan fingerprint density at radius 1 is 1.14 bits per heavy atom. The molecule has 4 unspecified atom stereocenters. The SMILES string of the molecule is OCCC1(CNC2C3CCOC3C23CCCC3)CCOC1. The predicted molar refractivity (Wildman–Crippen MR) is 80.1 cm³/mol. The van der Waals surface area contributed by atoms with Crippen molar-refractivity contribution < 1.29 is 14.6 Å². The van der Waals surface area contributed by atoms with E-state index in [9.17, 15) is 5.11 Å². The zero-order chi connectivity index (χ0) is 14.3. The highest BCUT2D eigenvalue weighted by Crippen LogP contribution is 2.60. The maximum Gasteiger partial charge on any atom is 0.0690 e. The highest BCUT2D eigenvalue weighted by molar-refractivity contribution is 5.16. The summed E-state index contributed by atoms with van der Waals surface area (Å²) >= 11 is 0. The van der Waals surface area contributed by atoms with Crippen LogP contribution in [0.1, 0.15) is 44.9 Å². The normalized spacial score (nSPS) is 44.1. The summed E-state index contributed by atoms with van der Waals surface area (Å²) in [5.74, 6) is 0.733. The van der Waals surface area contributed by atoms with Crippen molar-refractivity contribution >= 4 is 0 Å². The standard InChI is InChI=1S/C17H29NO3/c19-8-6-16(7-10-20-12-16)11-18-14-13-3-9-21-15(13)17(14)4-1-2-5-17/h13-15,18-19H,1-12H2. The van der Waals surface area contributed by atoms with Crippen LogP contribution in [0.2, 0.25) is 0 Å². The van der Waals surface area contributed by atoms with E-state index in [4.69, 9.17) is 9.47 Å². The molecule has 4 aliphatic rings. The lowest BCUT2D eigenvalue weighted by Gasteiger charge is -2.57. The summed E-state index contributed by atoms with van der Waals surface area (Å²) in [6, 6.07) is 0.642. The lowest BCUT2D eigenvalue weighted by atomic mass is 9.54. The van der Waals surface area contributed by atoms with Gasteiger partial charge in [-0.05, 0) is 32.1 Å². The monoisotopic (exact) mass is 295 g/mol. The minimum absolute atomic E-state index is 0.166. The third kappa shape index (κ3) is 2.18. The Kier molecular flexibility index (Phi) is 3.77. The van der Waals surface area contributed by atoms with Crippen LogP contribution in [0.4, 0.5) is 0 Å². The lowest BCUT2D eigenvalue weighted by molar-refractivity contribution is -0.132. The maximum absolute atomic E-state index is 9.38. The molecule has 1 spiro atoms. The van der Waals surface area contributed by atoms with E-state index in [1.807, 2.05) is 0 Å². The maximum atomic E-state index is 9.38. The van der Waals surface area contributed by atoms with Crippen LogP contribution in [-0.4, -0.2) is 50.2 Å². The summed E-state index contributed by atoms with van der Waals surface area (Å²) < 4.78 is 11.7. The van der Waals surface area contributed by atoms with Crippen LogP contribution in [0.3, 0.4) is 0 Å². The number of nitrogens with one attached hydrogen (secondary N) is 1. The first-order valence-electron chi connectivity index (χ1n) is 8.83. The fourth-order valence-electron chi connectivity index (χ4n) is 5.65. The summed E-state index contributed by atoms with van der Waals surface area (Å²) in [4.78, 5) is 0. The fourth-order valence-corrected chi connectivity index (χ4v) is 5.65. The minimum atomic E-state index is 0.166. The molecule has 4 nitrogen and oxygen atoms in total. The zero-order valence-electron chi connectivity index (χ0n) is 13.0. The molecule has 2 N–H and O–H groups in total. The van der Waals surface area contributed by atoms with Crippen molar-refractivity contribution in [3.8, 4) is 0 Å². The van der Waals surface area contributed by atoms with Gasteiger partial charge in [0, 0.05) is 49.2 Å². The van der Waals surface area contributed by atoms with Gasteiger partial charge in [-0.2, -0.15) is 0 Å². The molecule has 2 heterocycles. The second-order valence-electron chi connectivity index (χ2n) is 7.82. The second kappa shape index (κ2) is 5.48. The Bertz CT molecular complexity index is 374. The Balaban J connectivity index is 1.43. The number of hydrogen-bond donors (Lipinski definition) is 2. The molecule has 0 aromatic heterocycles. The van der Waals surface area contributed by atoms with Gasteiger partial charge in [0.25, 0.3) is 0 Å². The number of ether oxygens (including phenoxy) is 2. The van der Waals surface area contributed by atoms with Crippen LogP contribution < -0.4 is 5.32 Å². The first-order valence-corrected chi connectivity index (χ1v) is 8.83. The molecule has 4 atom stereocenters. The Hall–Kier alpha value is -0.160. The first kappa shape index (κ1) is 14.4. The van der Waals surface area contributed by atoms with Gasteiger partial charge in [-0.3, -0.25) is 0 Å². The van der Waals surface area contributed by atoms with E-state index in [0.29, 0.717) is 17.6 Å². The molecule has 0 aromatic rings. The summed E-state index contributed by atoms with van der Waals surface area (Å²) in [5, 5.41) is 13.3. The van der Waals surface area contributed by atoms with E-state index in [1.54, 1.807) is 0 Å². The molecule has 4 fully saturated rings. The van der Waals surface area contributed by atoms with Crippen molar-refractivity contribution in [3.05, 3.63) is 0 Å². The first-order chi connectivity index (χ1) is 10.3. The highest BCUT2D eigenvalue weighted by Gasteiger charge is 2.64. The summed E-state index contributed by atoms with van der Waals surface area (Å²) in [6.45, 7) is 3.90. The third-order valence-electron chi connectivity index (χ3n) is 6.81. The predicted octanol–water partition coefficient (Wildman–Crippen LogP) is 1.71. The Morgan fingerprint density at radius 2 is 2.00 bits per heavy atom. The van der Waals surface area contributed by atoms with E-state index in [0.717, 1.165) is 45.1 Å². The van der Waals surface area contributed by atoms with Gasteiger partial charge >= 0.3 is 0 Å². The smallest absolute Gasteiger partial charge is 0.0690 e. The van der Waals surface area contributed by atoms with Gasteiger partial charge in [0.05, 0.1) is 12.7 Å². The fraction of sp³-hybridized carbons (Fsp3) is 1.00. The second-order valence-corrected chi connectivity index (χ2v) is 7.82. The molecule has 21 heavy (non-hydrogen) atoms. The van der Waals surface area contributed by atoms with Gasteiger partial charge in [0.15, 0.2) is 0 Å². The van der Waals surface area contributed by atoms with Crippen molar-refractivity contribution in [3.63, 3.8) is 0 Å². The van der Waals surface area contributed by atoms with Gasteiger partial charge in [0.1, 0.15) is 0 Å². The number of hydrogen-bond acceptors (Lipinski definition) is 4. The van der Waals surface area contributed by atoms with Crippen LogP contribution in [0.5, 0.6) is 0 Å². The Labute approximate surface area is 127 Å². The van der Waals surface area contributed by atoms with Gasteiger partial charge in [0.2, 0.25) is 0 Å². The molecule has 4 heteroatoms. The van der Waals surface area contributed by atoms with E-state index in [2.05, 4.69) is 5.32 Å². The van der Waals surface area contributed by atoms with Crippen LogP contribution in [-0.2, 0) is 9.47 Å². The summed E-state index contributed by atoms with van der Waals surface area (Å²) in [7, 11) is 0. The molecule has 2 saturated carbocycles. The van der Waals surface area contributed by atoms with Gasteiger partial charge in [-0.25, -0.2) is 0 Å². The van der Waals surface area contributed by atoms with Crippen molar-refractivity contribution in [2.45, 2.75) is 57.1 Å². The van der Waals surface area contributed by atoms with Gasteiger partial charge in [-0.15, -0.1) is 0 Å². The summed E-state index contributed by atoms with van der Waals surface area (Å²) in [6.07, 6.45) is 9.14. The molecule has 0 bridgehead atoms. The van der Waals surface area contributed by atoms with E-state index >= 15 is 0 Å². The average Bonchev–Trinajstić information content (AvgIpc) is 3.18. The highest BCUT2D eigenvalue weighted by atomic mass is 16.5. The Morgan fingerprint density at radius 3 is 2.71 bits per heavy atom. The third-order valence-corrected chi connectivity index (χ3v) is 6.81. The minimum Gasteiger partial charge on any atom is -0.396 e. The van der Waals surface area contributed by atoms with Crippen molar-refractivity contribution in [1.82, 2.24) is 5.32 Å². The average molecular weight is 295 g/mol. The van der Waals surface area contributed by atoms with E-state index < -0.39 is 0 Å². The molecule has 4 rings (SSSR count). The van der Waals surface area contributed by atoms with Crippen LogP contribution in [0.25, 0.3) is 0 Å². The van der Waals surface area contributed by atoms with Crippen molar-refractivity contribution in [2.75, 3.05) is 33.0 Å². The molecule has 0 amide bonds. The molecule has 0 radical (unpaired) electrons. The van der Waals surface area contributed by atoms with E-state index in [-0.39, 0.29) is 12.0 Å². The van der Waals surface area contributed by atoms with Gasteiger partial charge in [-0.1, -0.05) is 12.8 Å². The van der Waals surface area contributed by atoms with E-state index in [1.165, 1.54) is 32.1 Å². The number of aliphatic hydroxyl groups is 1. The molecular weight excluding hydrogens is 266 g/mol. The van der Waals surface area contributed by atoms with Crippen LogP contribution >= 0.6 is 0 Å². The molecule has 2 aliphatic carbocycles. The lowest BCUT2D eigenvalue weighted by Crippen LogP contribution is -2.68. The molecule has 2 aliphatic heterocycles. The number of rotatable bonds is 5. The van der Waals surface area contributed by atoms with Crippen LogP contribution in [0.15, 0.2) is 0 Å².